The van der Waals surface area contributed by atoms with E-state index in [1.54, 1.807) is 0 Å². The average molecular weight is 260 g/mol. The van der Waals surface area contributed by atoms with Crippen molar-refractivity contribution in [2.45, 2.75) is 39.2 Å². The predicted octanol–water partition coefficient (Wildman–Crippen LogP) is 3.90. The van der Waals surface area contributed by atoms with Crippen LogP contribution < -0.4 is 0 Å². The maximum atomic E-state index is 12.1. The van der Waals surface area contributed by atoms with E-state index in [0.717, 1.165) is 18.4 Å². The van der Waals surface area contributed by atoms with E-state index in [4.69, 9.17) is 4.74 Å². The molecule has 4 atom stereocenters. The minimum Gasteiger partial charge on any atom is -0.457 e. The number of ether oxygens (including phenoxy) is 1. The minimum absolute atomic E-state index is 0.160. The van der Waals surface area contributed by atoms with Crippen LogP contribution in [0.25, 0.3) is 0 Å². The number of carbonyl (C=O) groups excluding carboxylic acids is 1. The molecule has 0 aromatic heterocycles. The van der Waals surface area contributed by atoms with Gasteiger partial charge >= 0.3 is 5.97 Å². The zero-order valence-corrected chi connectivity index (χ0v) is 12.2. The molecule has 4 unspecified atom stereocenters. The number of carbonyl (C=O) groups is 1. The van der Waals surface area contributed by atoms with Crippen molar-refractivity contribution in [1.82, 2.24) is 0 Å². The van der Waals surface area contributed by atoms with Gasteiger partial charge in [-0.3, -0.25) is 0 Å². The Morgan fingerprint density at radius 2 is 1.95 bits per heavy atom. The van der Waals surface area contributed by atoms with Gasteiger partial charge in [-0.15, -0.1) is 13.2 Å². The lowest BCUT2D eigenvalue weighted by atomic mass is 9.89. The first kappa shape index (κ1) is 14.1. The van der Waals surface area contributed by atoms with Gasteiger partial charge in [0.1, 0.15) is 5.60 Å². The molecule has 2 rings (SSSR count). The molecule has 2 aliphatic carbocycles. The molecule has 0 amide bonds. The minimum atomic E-state index is -0.425. The van der Waals surface area contributed by atoms with Gasteiger partial charge in [0.25, 0.3) is 0 Å². The van der Waals surface area contributed by atoms with Gasteiger partial charge in [-0.1, -0.05) is 18.2 Å². The van der Waals surface area contributed by atoms with Crippen LogP contribution in [-0.2, 0) is 9.53 Å². The Labute approximate surface area is 116 Å². The van der Waals surface area contributed by atoms with Gasteiger partial charge in [0, 0.05) is 5.57 Å². The molecule has 0 spiro atoms. The van der Waals surface area contributed by atoms with Crippen LogP contribution in [0.2, 0.25) is 0 Å². The third-order valence-corrected chi connectivity index (χ3v) is 4.20. The summed E-state index contributed by atoms with van der Waals surface area (Å²) in [4.78, 5) is 12.1. The van der Waals surface area contributed by atoms with Crippen molar-refractivity contribution in [2.75, 3.05) is 0 Å². The Bertz CT molecular complexity index is 425. The normalized spacial score (nSPS) is 33.5. The Hall–Kier alpha value is -1.31. The number of fused-ring (bicyclic) bond motifs is 1. The number of hydrogen-bond donors (Lipinski definition) is 0. The number of esters is 1. The maximum Gasteiger partial charge on any atom is 0.334 e. The van der Waals surface area contributed by atoms with E-state index in [9.17, 15) is 4.79 Å². The molecule has 0 heterocycles. The van der Waals surface area contributed by atoms with E-state index >= 15 is 0 Å². The fraction of sp³-hybridized carbons (Fsp3) is 0.588. The summed E-state index contributed by atoms with van der Waals surface area (Å²) in [5.74, 6) is 1.73. The Balaban J connectivity index is 2.13. The van der Waals surface area contributed by atoms with E-state index in [-0.39, 0.29) is 5.97 Å². The van der Waals surface area contributed by atoms with Crippen LogP contribution in [0.4, 0.5) is 0 Å². The molecular weight excluding hydrogens is 236 g/mol. The largest absolute Gasteiger partial charge is 0.457 e. The fourth-order valence-corrected chi connectivity index (χ4v) is 3.36. The zero-order valence-electron chi connectivity index (χ0n) is 12.2. The lowest BCUT2D eigenvalue weighted by Gasteiger charge is -2.20. The molecule has 2 heteroatoms. The molecule has 19 heavy (non-hydrogen) atoms. The number of hydrogen-bond acceptors (Lipinski definition) is 2. The van der Waals surface area contributed by atoms with Crippen molar-refractivity contribution >= 4 is 5.97 Å². The van der Waals surface area contributed by atoms with Gasteiger partial charge in [-0.05, 0) is 57.3 Å². The Morgan fingerprint density at radius 3 is 2.47 bits per heavy atom. The molecule has 104 valence electrons. The third-order valence-electron chi connectivity index (χ3n) is 4.20. The van der Waals surface area contributed by atoms with Crippen molar-refractivity contribution in [3.8, 4) is 0 Å². The quantitative estimate of drug-likeness (QED) is 0.568. The second-order valence-corrected chi connectivity index (χ2v) is 6.67. The van der Waals surface area contributed by atoms with Gasteiger partial charge < -0.3 is 4.74 Å². The first-order chi connectivity index (χ1) is 8.85. The average Bonchev–Trinajstić information content (AvgIpc) is 2.84. The highest BCUT2D eigenvalue weighted by atomic mass is 16.6. The summed E-state index contributed by atoms with van der Waals surface area (Å²) in [7, 11) is 0. The van der Waals surface area contributed by atoms with Crippen LogP contribution in [0.5, 0.6) is 0 Å². The lowest BCUT2D eigenvalue weighted by Crippen LogP contribution is -2.24. The molecule has 0 bridgehead atoms. The first-order valence-corrected chi connectivity index (χ1v) is 7.05. The van der Waals surface area contributed by atoms with Crippen molar-refractivity contribution in [1.29, 1.82) is 0 Å². The molecule has 0 radical (unpaired) electrons. The Morgan fingerprint density at radius 1 is 1.32 bits per heavy atom. The second-order valence-electron chi connectivity index (χ2n) is 6.67. The topological polar surface area (TPSA) is 26.3 Å². The van der Waals surface area contributed by atoms with Crippen LogP contribution in [0.3, 0.4) is 0 Å². The number of allylic oxidation sites excluding steroid dienone is 3. The summed E-state index contributed by atoms with van der Waals surface area (Å²) in [5, 5.41) is 0. The molecule has 2 nitrogen and oxygen atoms in total. The molecule has 0 aromatic rings. The third kappa shape index (κ3) is 2.83. The molecule has 0 saturated heterocycles. The predicted molar refractivity (Wildman–Crippen MR) is 77.5 cm³/mol. The molecular formula is C17H24O2. The molecule has 2 aliphatic rings. The van der Waals surface area contributed by atoms with E-state index in [1.807, 2.05) is 32.9 Å². The summed E-state index contributed by atoms with van der Waals surface area (Å²) in [6.07, 6.45) is 8.11. The van der Waals surface area contributed by atoms with E-state index in [2.05, 4.69) is 19.2 Å². The summed E-state index contributed by atoms with van der Waals surface area (Å²) in [5.41, 5.74) is 0.411. The first-order valence-electron chi connectivity index (χ1n) is 7.05. The molecule has 0 aliphatic heterocycles. The van der Waals surface area contributed by atoms with Gasteiger partial charge in [0.05, 0.1) is 0 Å². The SMILES string of the molecule is C=CC1CC(C=C)C2CC(C(=O)OC(C)(C)C)=CC12. The Kier molecular flexibility index (Phi) is 3.71. The summed E-state index contributed by atoms with van der Waals surface area (Å²) in [6, 6.07) is 0. The fourth-order valence-electron chi connectivity index (χ4n) is 3.36. The molecule has 0 N–H and O–H groups in total. The van der Waals surface area contributed by atoms with Crippen LogP contribution >= 0.6 is 0 Å². The maximum absolute atomic E-state index is 12.1. The monoisotopic (exact) mass is 260 g/mol. The molecule has 1 fully saturated rings. The highest BCUT2D eigenvalue weighted by Gasteiger charge is 2.44. The van der Waals surface area contributed by atoms with Gasteiger partial charge in [0.2, 0.25) is 0 Å². The van der Waals surface area contributed by atoms with Crippen LogP contribution in [0, 0.1) is 23.7 Å². The van der Waals surface area contributed by atoms with E-state index in [0.29, 0.717) is 23.7 Å². The van der Waals surface area contributed by atoms with Gasteiger partial charge in [0.15, 0.2) is 0 Å². The van der Waals surface area contributed by atoms with Gasteiger partial charge in [-0.2, -0.15) is 0 Å². The number of rotatable bonds is 3. The van der Waals surface area contributed by atoms with Crippen molar-refractivity contribution in [3.05, 3.63) is 37.0 Å². The van der Waals surface area contributed by atoms with Crippen molar-refractivity contribution < 1.29 is 9.53 Å². The van der Waals surface area contributed by atoms with E-state index in [1.165, 1.54) is 0 Å². The van der Waals surface area contributed by atoms with Crippen LogP contribution in [-0.4, -0.2) is 11.6 Å². The van der Waals surface area contributed by atoms with E-state index < -0.39 is 5.60 Å². The second kappa shape index (κ2) is 4.99. The summed E-state index contributed by atoms with van der Waals surface area (Å²) < 4.78 is 5.47. The molecule has 1 saturated carbocycles. The zero-order chi connectivity index (χ0) is 14.2. The lowest BCUT2D eigenvalue weighted by molar-refractivity contribution is -0.150. The summed E-state index contributed by atoms with van der Waals surface area (Å²) in [6.45, 7) is 13.6. The summed E-state index contributed by atoms with van der Waals surface area (Å²) >= 11 is 0. The van der Waals surface area contributed by atoms with Crippen LogP contribution in [0.15, 0.2) is 37.0 Å². The standard InChI is InChI=1S/C17H24O2/c1-6-11-8-12(7-2)15-10-13(9-14(11)15)16(18)19-17(3,4)5/h6-7,9,11-12,14-15H,1-2,8,10H2,3-5H3. The highest BCUT2D eigenvalue weighted by molar-refractivity contribution is 5.89. The highest BCUT2D eigenvalue weighted by Crippen LogP contribution is 2.50. The van der Waals surface area contributed by atoms with Crippen molar-refractivity contribution in [2.24, 2.45) is 23.7 Å². The van der Waals surface area contributed by atoms with Crippen LogP contribution in [0.1, 0.15) is 33.6 Å². The van der Waals surface area contributed by atoms with Gasteiger partial charge in [-0.25, -0.2) is 4.79 Å². The smallest absolute Gasteiger partial charge is 0.334 e. The van der Waals surface area contributed by atoms with Crippen molar-refractivity contribution in [3.63, 3.8) is 0 Å². The molecule has 0 aromatic carbocycles.